The number of benzene rings is 1. The standard InChI is InChI=1S/C18H21ClN6O5/c1-17(2,3)29-16(26)22-18(4,5)15-21-13(30-23-15)9-24-14-10(8-20-24)6-11(25(27)28)7-12(14)19/h6-8H,9H2,1-5H3,(H,22,26). The van der Waals surface area contributed by atoms with Crippen LogP contribution in [0.15, 0.2) is 22.9 Å². The Bertz CT molecular complexity index is 1110. The first-order valence-corrected chi connectivity index (χ1v) is 9.37. The molecule has 1 amide bonds. The van der Waals surface area contributed by atoms with Crippen LogP contribution in [-0.2, 0) is 16.8 Å². The van der Waals surface area contributed by atoms with E-state index in [4.69, 9.17) is 20.9 Å². The van der Waals surface area contributed by atoms with Crippen LogP contribution in [0.4, 0.5) is 10.5 Å². The van der Waals surface area contributed by atoms with Gasteiger partial charge in [-0.1, -0.05) is 16.8 Å². The molecule has 11 nitrogen and oxygen atoms in total. The van der Waals surface area contributed by atoms with Crippen LogP contribution in [0.2, 0.25) is 5.02 Å². The zero-order chi connectivity index (χ0) is 22.3. The molecule has 0 saturated carbocycles. The first-order valence-electron chi connectivity index (χ1n) is 8.99. The van der Waals surface area contributed by atoms with E-state index >= 15 is 0 Å². The van der Waals surface area contributed by atoms with Gasteiger partial charge in [-0.3, -0.25) is 14.8 Å². The molecule has 0 atom stereocenters. The van der Waals surface area contributed by atoms with Gasteiger partial charge in [-0.2, -0.15) is 10.1 Å². The maximum Gasteiger partial charge on any atom is 0.408 e. The minimum absolute atomic E-state index is 0.0938. The second-order valence-corrected chi connectivity index (χ2v) is 8.60. The van der Waals surface area contributed by atoms with Crippen LogP contribution in [0.5, 0.6) is 0 Å². The van der Waals surface area contributed by atoms with Gasteiger partial charge in [0, 0.05) is 17.5 Å². The van der Waals surface area contributed by atoms with E-state index < -0.39 is 22.2 Å². The summed E-state index contributed by atoms with van der Waals surface area (Å²) in [6.07, 6.45) is 0.866. The predicted molar refractivity (Wildman–Crippen MR) is 107 cm³/mol. The number of hydrogen-bond donors (Lipinski definition) is 1. The average molecular weight is 437 g/mol. The van der Waals surface area contributed by atoms with Crippen LogP contribution < -0.4 is 5.32 Å². The number of ether oxygens (including phenoxy) is 1. The molecule has 12 heteroatoms. The lowest BCUT2D eigenvalue weighted by molar-refractivity contribution is -0.384. The number of aromatic nitrogens is 4. The Hall–Kier alpha value is -3.21. The fraction of sp³-hybridized carbons (Fsp3) is 0.444. The summed E-state index contributed by atoms with van der Waals surface area (Å²) in [6.45, 7) is 8.81. The molecule has 2 aromatic heterocycles. The summed E-state index contributed by atoms with van der Waals surface area (Å²) in [5.74, 6) is 0.477. The lowest BCUT2D eigenvalue weighted by atomic mass is 10.1. The van der Waals surface area contributed by atoms with E-state index in [-0.39, 0.29) is 29.0 Å². The molecule has 0 fully saturated rings. The van der Waals surface area contributed by atoms with Crippen molar-refractivity contribution < 1.29 is 19.0 Å². The number of hydrogen-bond acceptors (Lipinski definition) is 8. The Balaban J connectivity index is 1.80. The molecule has 1 aromatic carbocycles. The maximum atomic E-state index is 12.1. The minimum atomic E-state index is -0.950. The number of alkyl carbamates (subject to hydrolysis) is 1. The third kappa shape index (κ3) is 4.67. The van der Waals surface area contributed by atoms with Crippen molar-refractivity contribution in [2.75, 3.05) is 0 Å². The molecule has 0 saturated heterocycles. The molecule has 0 radical (unpaired) electrons. The van der Waals surface area contributed by atoms with Gasteiger partial charge >= 0.3 is 6.09 Å². The number of nitro benzene ring substituents is 1. The van der Waals surface area contributed by atoms with Crippen molar-refractivity contribution in [1.82, 2.24) is 25.2 Å². The number of halogens is 1. The fourth-order valence-corrected chi connectivity index (χ4v) is 3.03. The highest BCUT2D eigenvalue weighted by molar-refractivity contribution is 6.35. The Morgan fingerprint density at radius 2 is 2.03 bits per heavy atom. The summed E-state index contributed by atoms with van der Waals surface area (Å²) in [7, 11) is 0. The molecule has 0 aliphatic rings. The second-order valence-electron chi connectivity index (χ2n) is 8.19. The van der Waals surface area contributed by atoms with E-state index in [0.29, 0.717) is 10.9 Å². The predicted octanol–water partition coefficient (Wildman–Crippen LogP) is 3.79. The van der Waals surface area contributed by atoms with Crippen molar-refractivity contribution in [3.63, 3.8) is 0 Å². The number of non-ortho nitro benzene ring substituents is 1. The van der Waals surface area contributed by atoms with E-state index in [1.54, 1.807) is 34.6 Å². The fourth-order valence-electron chi connectivity index (χ4n) is 2.71. The highest BCUT2D eigenvalue weighted by atomic mass is 35.5. The molecular weight excluding hydrogens is 416 g/mol. The zero-order valence-electron chi connectivity index (χ0n) is 17.1. The molecule has 30 heavy (non-hydrogen) atoms. The third-order valence-corrected chi connectivity index (χ3v) is 4.30. The number of amides is 1. The van der Waals surface area contributed by atoms with Crippen LogP contribution in [0, 0.1) is 10.1 Å². The van der Waals surface area contributed by atoms with Gasteiger partial charge < -0.3 is 14.6 Å². The number of nitrogens with zero attached hydrogens (tertiary/aromatic N) is 5. The molecule has 3 rings (SSSR count). The monoisotopic (exact) mass is 436 g/mol. The minimum Gasteiger partial charge on any atom is -0.444 e. The quantitative estimate of drug-likeness (QED) is 0.470. The van der Waals surface area contributed by atoms with Crippen molar-refractivity contribution in [3.05, 3.63) is 45.2 Å². The SMILES string of the molecule is CC(C)(C)OC(=O)NC(C)(C)c1noc(Cn2ncc3cc([N+](=O)[O-])cc(Cl)c32)n1. The normalized spacial score (nSPS) is 12.2. The summed E-state index contributed by atoms with van der Waals surface area (Å²) in [5, 5.41) is 22.5. The Morgan fingerprint density at radius 1 is 1.33 bits per heavy atom. The number of rotatable bonds is 5. The van der Waals surface area contributed by atoms with Crippen LogP contribution in [0.1, 0.15) is 46.3 Å². The largest absolute Gasteiger partial charge is 0.444 e. The molecule has 0 unspecified atom stereocenters. The van der Waals surface area contributed by atoms with Gasteiger partial charge in [0.25, 0.3) is 5.69 Å². The van der Waals surface area contributed by atoms with E-state index in [1.807, 2.05) is 0 Å². The van der Waals surface area contributed by atoms with Crippen molar-refractivity contribution in [2.24, 2.45) is 0 Å². The lowest BCUT2D eigenvalue weighted by Crippen LogP contribution is -2.44. The second kappa shape index (κ2) is 7.56. The summed E-state index contributed by atoms with van der Waals surface area (Å²) in [4.78, 5) is 26.9. The van der Waals surface area contributed by atoms with E-state index in [1.165, 1.54) is 23.0 Å². The average Bonchev–Trinajstić information content (AvgIpc) is 3.20. The van der Waals surface area contributed by atoms with Gasteiger partial charge in [-0.15, -0.1) is 0 Å². The Kier molecular flexibility index (Phi) is 5.42. The smallest absolute Gasteiger partial charge is 0.408 e. The molecule has 1 N–H and O–H groups in total. The number of carbonyl (C=O) groups excluding carboxylic acids is 1. The molecule has 3 aromatic rings. The van der Waals surface area contributed by atoms with Crippen LogP contribution in [0.3, 0.4) is 0 Å². The number of nitrogens with one attached hydrogen (secondary N) is 1. The van der Waals surface area contributed by atoms with E-state index in [0.717, 1.165) is 0 Å². The van der Waals surface area contributed by atoms with Crippen molar-refractivity contribution in [3.8, 4) is 0 Å². The molecular formula is C18H21ClN6O5. The Morgan fingerprint density at radius 3 is 2.67 bits per heavy atom. The number of nitro groups is 1. The van der Waals surface area contributed by atoms with Gasteiger partial charge in [0.05, 0.1) is 21.7 Å². The lowest BCUT2D eigenvalue weighted by Gasteiger charge is -2.26. The first kappa shape index (κ1) is 21.5. The van der Waals surface area contributed by atoms with Crippen molar-refractivity contribution in [2.45, 2.75) is 52.3 Å². The van der Waals surface area contributed by atoms with E-state index in [9.17, 15) is 14.9 Å². The van der Waals surface area contributed by atoms with Gasteiger partial charge in [-0.25, -0.2) is 4.79 Å². The highest BCUT2D eigenvalue weighted by Gasteiger charge is 2.31. The number of fused-ring (bicyclic) bond motifs is 1. The van der Waals surface area contributed by atoms with Crippen LogP contribution >= 0.6 is 11.6 Å². The van der Waals surface area contributed by atoms with Gasteiger partial charge in [0.2, 0.25) is 5.89 Å². The van der Waals surface area contributed by atoms with Gasteiger partial charge in [-0.05, 0) is 34.6 Å². The molecule has 160 valence electrons. The van der Waals surface area contributed by atoms with Gasteiger partial charge in [0.1, 0.15) is 17.7 Å². The molecule has 2 heterocycles. The van der Waals surface area contributed by atoms with Crippen LogP contribution in [0.25, 0.3) is 10.9 Å². The summed E-state index contributed by atoms with van der Waals surface area (Å²) in [5.41, 5.74) is -1.21. The van der Waals surface area contributed by atoms with Crippen molar-refractivity contribution in [1.29, 1.82) is 0 Å². The highest BCUT2D eigenvalue weighted by Crippen LogP contribution is 2.29. The third-order valence-electron chi connectivity index (χ3n) is 4.01. The molecule has 0 aliphatic carbocycles. The number of carbonyl (C=O) groups is 1. The topological polar surface area (TPSA) is 138 Å². The summed E-state index contributed by atoms with van der Waals surface area (Å²) in [6, 6.07) is 2.65. The first-order chi connectivity index (χ1) is 13.9. The van der Waals surface area contributed by atoms with Gasteiger partial charge in [0.15, 0.2) is 5.82 Å². The molecule has 0 bridgehead atoms. The summed E-state index contributed by atoms with van der Waals surface area (Å²) >= 11 is 6.21. The summed E-state index contributed by atoms with van der Waals surface area (Å²) < 4.78 is 12.1. The van der Waals surface area contributed by atoms with Crippen molar-refractivity contribution >= 4 is 34.3 Å². The zero-order valence-corrected chi connectivity index (χ0v) is 17.9. The maximum absolute atomic E-state index is 12.1. The van der Waals surface area contributed by atoms with Crippen LogP contribution in [-0.4, -0.2) is 36.5 Å². The Labute approximate surface area is 176 Å². The molecule has 0 spiro atoms. The van der Waals surface area contributed by atoms with E-state index in [2.05, 4.69) is 20.6 Å². The molecule has 0 aliphatic heterocycles.